The SMILES string of the molecule is O=C(NCCOc1ccc(Cl)cc1)C1CC(=O)N(c2ccc3c(c2)OCO3)C1. The predicted octanol–water partition coefficient (Wildman–Crippen LogP) is 2.62. The largest absolute Gasteiger partial charge is 0.492 e. The van der Waals surface area contributed by atoms with Gasteiger partial charge in [0.15, 0.2) is 11.5 Å². The Balaban J connectivity index is 1.27. The number of amides is 2. The second-order valence-corrected chi connectivity index (χ2v) is 6.97. The first-order valence-corrected chi connectivity index (χ1v) is 9.34. The van der Waals surface area contributed by atoms with Crippen LogP contribution in [0.1, 0.15) is 6.42 Å². The summed E-state index contributed by atoms with van der Waals surface area (Å²) in [6.07, 6.45) is 0.179. The summed E-state index contributed by atoms with van der Waals surface area (Å²) in [5.41, 5.74) is 0.704. The van der Waals surface area contributed by atoms with E-state index in [0.717, 1.165) is 0 Å². The van der Waals surface area contributed by atoms with Crippen LogP contribution in [0.3, 0.4) is 0 Å². The van der Waals surface area contributed by atoms with Gasteiger partial charge >= 0.3 is 0 Å². The fraction of sp³-hybridized carbons (Fsp3) is 0.300. The third-order valence-corrected chi connectivity index (χ3v) is 4.90. The monoisotopic (exact) mass is 402 g/mol. The van der Waals surface area contributed by atoms with Crippen LogP contribution in [0.4, 0.5) is 5.69 Å². The Hall–Kier alpha value is -2.93. The summed E-state index contributed by atoms with van der Waals surface area (Å²) in [5, 5.41) is 3.46. The van der Waals surface area contributed by atoms with Crippen molar-refractivity contribution in [3.05, 3.63) is 47.5 Å². The number of nitrogens with zero attached hydrogens (tertiary/aromatic N) is 1. The third-order valence-electron chi connectivity index (χ3n) is 4.65. The van der Waals surface area contributed by atoms with Gasteiger partial charge in [-0.1, -0.05) is 11.6 Å². The lowest BCUT2D eigenvalue weighted by molar-refractivity contribution is -0.126. The van der Waals surface area contributed by atoms with Gasteiger partial charge in [0, 0.05) is 29.7 Å². The van der Waals surface area contributed by atoms with Crippen LogP contribution >= 0.6 is 11.6 Å². The van der Waals surface area contributed by atoms with Crippen molar-refractivity contribution in [1.82, 2.24) is 5.32 Å². The highest BCUT2D eigenvalue weighted by atomic mass is 35.5. The van der Waals surface area contributed by atoms with Crippen molar-refractivity contribution in [2.75, 3.05) is 31.4 Å². The van der Waals surface area contributed by atoms with Crippen LogP contribution in [0.15, 0.2) is 42.5 Å². The van der Waals surface area contributed by atoms with Gasteiger partial charge in [-0.05, 0) is 36.4 Å². The quantitative estimate of drug-likeness (QED) is 0.751. The molecule has 8 heteroatoms. The molecule has 7 nitrogen and oxygen atoms in total. The lowest BCUT2D eigenvalue weighted by Crippen LogP contribution is -2.35. The average molecular weight is 403 g/mol. The van der Waals surface area contributed by atoms with E-state index in [4.69, 9.17) is 25.8 Å². The van der Waals surface area contributed by atoms with Gasteiger partial charge in [-0.25, -0.2) is 0 Å². The smallest absolute Gasteiger partial charge is 0.231 e. The molecule has 0 aromatic heterocycles. The van der Waals surface area contributed by atoms with E-state index in [1.807, 2.05) is 0 Å². The number of halogens is 1. The molecule has 1 fully saturated rings. The molecule has 146 valence electrons. The van der Waals surface area contributed by atoms with Crippen LogP contribution in [-0.4, -0.2) is 38.3 Å². The Kier molecular flexibility index (Phi) is 5.25. The molecular weight excluding hydrogens is 384 g/mol. The molecule has 2 amide bonds. The van der Waals surface area contributed by atoms with Crippen molar-refractivity contribution in [3.63, 3.8) is 0 Å². The van der Waals surface area contributed by atoms with Crippen LogP contribution in [0.5, 0.6) is 17.2 Å². The molecule has 2 aromatic carbocycles. The highest BCUT2D eigenvalue weighted by molar-refractivity contribution is 6.30. The molecule has 0 radical (unpaired) electrons. The van der Waals surface area contributed by atoms with E-state index < -0.39 is 5.92 Å². The molecule has 4 rings (SSSR count). The maximum atomic E-state index is 12.4. The van der Waals surface area contributed by atoms with Gasteiger partial charge in [-0.15, -0.1) is 0 Å². The minimum Gasteiger partial charge on any atom is -0.492 e. The molecule has 0 aliphatic carbocycles. The Morgan fingerprint density at radius 2 is 1.96 bits per heavy atom. The van der Waals surface area contributed by atoms with E-state index in [1.54, 1.807) is 47.4 Å². The third kappa shape index (κ3) is 3.99. The molecule has 2 aromatic rings. The van der Waals surface area contributed by atoms with E-state index >= 15 is 0 Å². The van der Waals surface area contributed by atoms with Crippen LogP contribution < -0.4 is 24.4 Å². The number of hydrogen-bond acceptors (Lipinski definition) is 5. The summed E-state index contributed by atoms with van der Waals surface area (Å²) >= 11 is 5.83. The molecule has 28 heavy (non-hydrogen) atoms. The highest BCUT2D eigenvalue weighted by Gasteiger charge is 2.35. The van der Waals surface area contributed by atoms with Gasteiger partial charge in [-0.3, -0.25) is 9.59 Å². The van der Waals surface area contributed by atoms with Gasteiger partial charge < -0.3 is 24.4 Å². The summed E-state index contributed by atoms with van der Waals surface area (Å²) in [6.45, 7) is 1.20. The predicted molar refractivity (Wildman–Crippen MR) is 103 cm³/mol. The summed E-state index contributed by atoms with van der Waals surface area (Å²) in [4.78, 5) is 26.4. The molecule has 1 saturated heterocycles. The lowest BCUT2D eigenvalue weighted by atomic mass is 10.1. The van der Waals surface area contributed by atoms with Crippen LogP contribution in [-0.2, 0) is 9.59 Å². The summed E-state index contributed by atoms with van der Waals surface area (Å²) in [7, 11) is 0. The first kappa shape index (κ1) is 18.4. The number of ether oxygens (including phenoxy) is 3. The highest BCUT2D eigenvalue weighted by Crippen LogP contribution is 2.37. The molecule has 0 bridgehead atoms. The maximum Gasteiger partial charge on any atom is 0.231 e. The number of anilines is 1. The molecule has 1 atom stereocenters. The minimum absolute atomic E-state index is 0.0866. The molecule has 2 aliphatic heterocycles. The topological polar surface area (TPSA) is 77.1 Å². The van der Waals surface area contributed by atoms with Gasteiger partial charge in [0.2, 0.25) is 18.6 Å². The second kappa shape index (κ2) is 7.98. The van der Waals surface area contributed by atoms with Gasteiger partial charge in [0.25, 0.3) is 0 Å². The van der Waals surface area contributed by atoms with Gasteiger partial charge in [-0.2, -0.15) is 0 Å². The van der Waals surface area contributed by atoms with E-state index in [2.05, 4.69) is 5.32 Å². The van der Waals surface area contributed by atoms with Crippen molar-refractivity contribution < 1.29 is 23.8 Å². The van der Waals surface area contributed by atoms with Crippen molar-refractivity contribution >= 4 is 29.1 Å². The number of carbonyl (C=O) groups excluding carboxylic acids is 2. The molecular formula is C20H19ClN2O5. The maximum absolute atomic E-state index is 12.4. The molecule has 0 saturated carbocycles. The fourth-order valence-electron chi connectivity index (χ4n) is 3.20. The first-order valence-electron chi connectivity index (χ1n) is 8.96. The number of carbonyl (C=O) groups is 2. The summed E-state index contributed by atoms with van der Waals surface area (Å²) < 4.78 is 16.2. The van der Waals surface area contributed by atoms with Gasteiger partial charge in [0.05, 0.1) is 12.5 Å². The summed E-state index contributed by atoms with van der Waals surface area (Å²) in [5.74, 6) is 1.31. The zero-order valence-electron chi connectivity index (χ0n) is 15.0. The number of benzene rings is 2. The minimum atomic E-state index is -0.395. The van der Waals surface area contributed by atoms with Crippen molar-refractivity contribution in [2.24, 2.45) is 5.92 Å². The number of rotatable bonds is 6. The van der Waals surface area contributed by atoms with Crippen molar-refractivity contribution in [1.29, 1.82) is 0 Å². The average Bonchev–Trinajstić information content (AvgIpc) is 3.32. The Morgan fingerprint density at radius 1 is 1.18 bits per heavy atom. The molecule has 2 heterocycles. The summed E-state index contributed by atoms with van der Waals surface area (Å²) in [6, 6.07) is 12.3. The number of fused-ring (bicyclic) bond motifs is 1. The number of hydrogen-bond donors (Lipinski definition) is 1. The Bertz CT molecular complexity index is 887. The Labute approximate surface area is 167 Å². The first-order chi connectivity index (χ1) is 13.6. The Morgan fingerprint density at radius 3 is 2.79 bits per heavy atom. The van der Waals surface area contributed by atoms with Crippen molar-refractivity contribution in [2.45, 2.75) is 6.42 Å². The normalized spacial score (nSPS) is 17.7. The molecule has 0 spiro atoms. The van der Waals surface area contributed by atoms with Crippen LogP contribution in [0.2, 0.25) is 5.02 Å². The van der Waals surface area contributed by atoms with E-state index in [-0.39, 0.29) is 25.0 Å². The number of nitrogens with one attached hydrogen (secondary N) is 1. The van der Waals surface area contributed by atoms with Gasteiger partial charge in [0.1, 0.15) is 12.4 Å². The van der Waals surface area contributed by atoms with Crippen LogP contribution in [0, 0.1) is 5.92 Å². The molecule has 2 aliphatic rings. The zero-order chi connectivity index (χ0) is 19.5. The molecule has 1 unspecified atom stereocenters. The van der Waals surface area contributed by atoms with E-state index in [9.17, 15) is 9.59 Å². The molecule has 1 N–H and O–H groups in total. The van der Waals surface area contributed by atoms with Crippen molar-refractivity contribution in [3.8, 4) is 17.2 Å². The standard InChI is InChI=1S/C20H19ClN2O5/c21-14-1-4-16(5-2-14)26-8-7-22-20(25)13-9-19(24)23(11-13)15-3-6-17-18(10-15)28-12-27-17/h1-6,10,13H,7-9,11-12H2,(H,22,25). The lowest BCUT2D eigenvalue weighted by Gasteiger charge is -2.17. The second-order valence-electron chi connectivity index (χ2n) is 6.54. The van der Waals surface area contributed by atoms with Crippen LogP contribution in [0.25, 0.3) is 0 Å². The fourth-order valence-corrected chi connectivity index (χ4v) is 3.33. The van der Waals surface area contributed by atoms with E-state index in [0.29, 0.717) is 47.7 Å². The zero-order valence-corrected chi connectivity index (χ0v) is 15.8. The van der Waals surface area contributed by atoms with E-state index in [1.165, 1.54) is 0 Å².